The van der Waals surface area contributed by atoms with Gasteiger partial charge in [0.1, 0.15) is 0 Å². The third kappa shape index (κ3) is 0.693. The number of hydrogen-bond acceptors (Lipinski definition) is 1. The number of pyridine rings is 1. The van der Waals surface area contributed by atoms with Crippen LogP contribution in [-0.4, -0.2) is 9.07 Å². The average Bonchev–Trinajstić information content (AvgIpc) is 2.34. The van der Waals surface area contributed by atoms with Crippen molar-refractivity contribution in [2.24, 2.45) is 0 Å². The second-order valence-electron chi connectivity index (χ2n) is 1.95. The highest BCUT2D eigenvalue weighted by Gasteiger charge is 1.96. The maximum Gasteiger partial charge on any atom is 0.155 e. The Labute approximate surface area is 63.2 Å². The molecule has 2 nitrogen and oxygen atoms in total. The molecule has 2 heterocycles. The molecule has 2 rings (SSSR count). The molecule has 3 heteroatoms. The zero-order valence-electron chi connectivity index (χ0n) is 5.08. The standard InChI is InChI=1S/C7H4ClN2/c8-10-5-3-6-2-1-4-9-7(6)10/h1,3-5H. The monoisotopic (exact) mass is 151 g/mol. The highest BCUT2D eigenvalue weighted by molar-refractivity contribution is 6.18. The van der Waals surface area contributed by atoms with Gasteiger partial charge in [-0.05, 0) is 18.2 Å². The molecule has 0 atom stereocenters. The number of fused-ring (bicyclic) bond motifs is 1. The Morgan fingerprint density at radius 2 is 2.50 bits per heavy atom. The van der Waals surface area contributed by atoms with E-state index in [2.05, 4.69) is 11.1 Å². The molecule has 2 aromatic rings. The molecule has 0 aliphatic heterocycles. The third-order valence-electron chi connectivity index (χ3n) is 1.33. The predicted molar refractivity (Wildman–Crippen MR) is 39.8 cm³/mol. The van der Waals surface area contributed by atoms with Crippen LogP contribution in [0.25, 0.3) is 11.0 Å². The molecular formula is C7H4ClN2. The van der Waals surface area contributed by atoms with E-state index in [9.17, 15) is 0 Å². The predicted octanol–water partition coefficient (Wildman–Crippen LogP) is 1.84. The van der Waals surface area contributed by atoms with Gasteiger partial charge in [0.25, 0.3) is 0 Å². The summed E-state index contributed by atoms with van der Waals surface area (Å²) < 4.78 is 1.45. The van der Waals surface area contributed by atoms with Crippen molar-refractivity contribution in [1.29, 1.82) is 0 Å². The van der Waals surface area contributed by atoms with Crippen LogP contribution in [0.5, 0.6) is 0 Å². The van der Waals surface area contributed by atoms with Crippen molar-refractivity contribution in [3.63, 3.8) is 0 Å². The van der Waals surface area contributed by atoms with Crippen molar-refractivity contribution in [1.82, 2.24) is 9.07 Å². The minimum atomic E-state index is 0.754. The van der Waals surface area contributed by atoms with Crippen LogP contribution in [-0.2, 0) is 0 Å². The van der Waals surface area contributed by atoms with E-state index in [1.54, 1.807) is 18.5 Å². The van der Waals surface area contributed by atoms with Gasteiger partial charge in [0.15, 0.2) is 5.65 Å². The van der Waals surface area contributed by atoms with Crippen LogP contribution < -0.4 is 0 Å². The van der Waals surface area contributed by atoms with E-state index >= 15 is 0 Å². The molecular weight excluding hydrogens is 148 g/mol. The molecule has 0 saturated carbocycles. The fourth-order valence-electron chi connectivity index (χ4n) is 0.872. The van der Waals surface area contributed by atoms with Gasteiger partial charge in [0.2, 0.25) is 0 Å². The van der Waals surface area contributed by atoms with Crippen LogP contribution in [0, 0.1) is 6.07 Å². The molecule has 2 aromatic heterocycles. The highest BCUT2D eigenvalue weighted by atomic mass is 35.5. The second-order valence-corrected chi connectivity index (χ2v) is 2.32. The van der Waals surface area contributed by atoms with Crippen molar-refractivity contribution < 1.29 is 0 Å². The maximum absolute atomic E-state index is 5.71. The SMILES string of the molecule is Cln1ccc2[c]ccnc21. The van der Waals surface area contributed by atoms with Crippen molar-refractivity contribution in [2.45, 2.75) is 0 Å². The molecule has 0 aromatic carbocycles. The molecule has 49 valence electrons. The van der Waals surface area contributed by atoms with Gasteiger partial charge in [-0.1, -0.05) is 0 Å². The quantitative estimate of drug-likeness (QED) is 0.562. The van der Waals surface area contributed by atoms with Gasteiger partial charge in [-0.2, -0.15) is 0 Å². The Hall–Kier alpha value is -1.02. The Morgan fingerprint density at radius 1 is 1.60 bits per heavy atom. The van der Waals surface area contributed by atoms with Crippen LogP contribution in [0.3, 0.4) is 0 Å². The van der Waals surface area contributed by atoms with Crippen LogP contribution in [0.4, 0.5) is 0 Å². The molecule has 10 heavy (non-hydrogen) atoms. The minimum Gasteiger partial charge on any atom is -0.243 e. The van der Waals surface area contributed by atoms with E-state index in [0.29, 0.717) is 0 Å². The molecule has 0 aliphatic rings. The zero-order valence-corrected chi connectivity index (χ0v) is 5.84. The van der Waals surface area contributed by atoms with Crippen molar-refractivity contribution >= 4 is 22.8 Å². The highest BCUT2D eigenvalue weighted by Crippen LogP contribution is 2.11. The number of nitrogens with zero attached hydrogens (tertiary/aromatic N) is 2. The largest absolute Gasteiger partial charge is 0.243 e. The molecule has 1 radical (unpaired) electrons. The summed E-state index contributed by atoms with van der Waals surface area (Å²) >= 11 is 5.71. The van der Waals surface area contributed by atoms with E-state index in [0.717, 1.165) is 11.0 Å². The summed E-state index contributed by atoms with van der Waals surface area (Å²) in [4.78, 5) is 4.04. The summed E-state index contributed by atoms with van der Waals surface area (Å²) in [6.45, 7) is 0. The Bertz CT molecular complexity index is 353. The van der Waals surface area contributed by atoms with Crippen LogP contribution in [0.15, 0.2) is 24.5 Å². The van der Waals surface area contributed by atoms with Gasteiger partial charge in [-0.25, -0.2) is 9.07 Å². The van der Waals surface area contributed by atoms with Crippen LogP contribution in [0.1, 0.15) is 0 Å². The summed E-state index contributed by atoms with van der Waals surface area (Å²) in [6, 6.07) is 6.64. The van der Waals surface area contributed by atoms with Crippen molar-refractivity contribution in [3.8, 4) is 0 Å². The Kier molecular flexibility index (Phi) is 1.14. The van der Waals surface area contributed by atoms with E-state index in [1.165, 1.54) is 4.09 Å². The first-order valence-corrected chi connectivity index (χ1v) is 3.21. The Balaban J connectivity index is 2.93. The molecule has 0 fully saturated rings. The first-order chi connectivity index (χ1) is 4.88. The topological polar surface area (TPSA) is 17.8 Å². The fraction of sp³-hybridized carbons (Fsp3) is 0. The summed E-state index contributed by atoms with van der Waals surface area (Å²) in [5.41, 5.74) is 0.754. The molecule has 0 unspecified atom stereocenters. The van der Waals surface area contributed by atoms with Gasteiger partial charge >= 0.3 is 0 Å². The number of rotatable bonds is 0. The van der Waals surface area contributed by atoms with E-state index < -0.39 is 0 Å². The van der Waals surface area contributed by atoms with Gasteiger partial charge in [-0.15, -0.1) is 0 Å². The molecule has 0 N–H and O–H groups in total. The summed E-state index contributed by atoms with van der Waals surface area (Å²) in [5, 5.41) is 0.942. The smallest absolute Gasteiger partial charge is 0.155 e. The fourth-order valence-corrected chi connectivity index (χ4v) is 1.06. The maximum atomic E-state index is 5.71. The summed E-state index contributed by atoms with van der Waals surface area (Å²) in [5.74, 6) is 0. The number of halogens is 1. The van der Waals surface area contributed by atoms with E-state index in [1.807, 2.05) is 6.07 Å². The normalized spacial score (nSPS) is 10.5. The van der Waals surface area contributed by atoms with Crippen LogP contribution >= 0.6 is 11.8 Å². The third-order valence-corrected chi connectivity index (χ3v) is 1.60. The lowest BCUT2D eigenvalue weighted by Gasteiger charge is -1.87. The zero-order chi connectivity index (χ0) is 6.97. The minimum absolute atomic E-state index is 0.754. The lowest BCUT2D eigenvalue weighted by molar-refractivity contribution is 1.24. The first-order valence-electron chi connectivity index (χ1n) is 2.88. The van der Waals surface area contributed by atoms with Crippen molar-refractivity contribution in [3.05, 3.63) is 30.6 Å². The summed E-state index contributed by atoms with van der Waals surface area (Å²) in [7, 11) is 0. The lowest BCUT2D eigenvalue weighted by atomic mass is 10.3. The molecule has 0 aliphatic carbocycles. The molecule has 0 spiro atoms. The number of aromatic nitrogens is 2. The first kappa shape index (κ1) is 5.74. The van der Waals surface area contributed by atoms with Gasteiger partial charge < -0.3 is 0 Å². The van der Waals surface area contributed by atoms with Crippen molar-refractivity contribution in [2.75, 3.05) is 0 Å². The Morgan fingerprint density at radius 3 is 3.30 bits per heavy atom. The summed E-state index contributed by atoms with van der Waals surface area (Å²) in [6.07, 6.45) is 3.41. The molecule has 0 saturated heterocycles. The van der Waals surface area contributed by atoms with E-state index in [4.69, 9.17) is 11.8 Å². The van der Waals surface area contributed by atoms with Gasteiger partial charge in [0, 0.05) is 29.6 Å². The van der Waals surface area contributed by atoms with Gasteiger partial charge in [0.05, 0.1) is 0 Å². The molecule has 0 amide bonds. The lowest BCUT2D eigenvalue weighted by Crippen LogP contribution is -1.79. The van der Waals surface area contributed by atoms with Gasteiger partial charge in [-0.3, -0.25) is 0 Å². The average molecular weight is 152 g/mol. The number of hydrogen-bond donors (Lipinski definition) is 0. The second kappa shape index (κ2) is 1.99. The molecule has 0 bridgehead atoms. The van der Waals surface area contributed by atoms with E-state index in [-0.39, 0.29) is 0 Å². The van der Waals surface area contributed by atoms with Crippen LogP contribution in [0.2, 0.25) is 0 Å².